The van der Waals surface area contributed by atoms with E-state index < -0.39 is 31.1 Å². The lowest BCUT2D eigenvalue weighted by atomic mass is 10.0. The van der Waals surface area contributed by atoms with Crippen molar-refractivity contribution in [2.75, 3.05) is 12.3 Å². The molecule has 0 aromatic carbocycles. The number of nitrogen functional groups attached to an aromatic ring is 1. The van der Waals surface area contributed by atoms with Gasteiger partial charge in [0.15, 0.2) is 17.7 Å². The van der Waals surface area contributed by atoms with Crippen molar-refractivity contribution in [3.8, 4) is 11.8 Å². The number of imidazole rings is 1. The molecular formula is C20H27N5O4. The second kappa shape index (κ2) is 8.63. The van der Waals surface area contributed by atoms with Gasteiger partial charge in [-0.3, -0.25) is 4.57 Å². The first-order chi connectivity index (χ1) is 14.1. The molecule has 1 aliphatic carbocycles. The molecular weight excluding hydrogens is 374 g/mol. The SMILES string of the molecule is Nc1nc(C#CCCCC2CCCC2)nc2c1ncn2[C@@H]1O[C@H](CO)[C@@H](O)[C@H]1O. The second-order valence-corrected chi connectivity index (χ2v) is 7.83. The van der Waals surface area contributed by atoms with Crippen molar-refractivity contribution in [3.63, 3.8) is 0 Å². The summed E-state index contributed by atoms with van der Waals surface area (Å²) in [7, 11) is 0. The minimum absolute atomic E-state index is 0.191. The first kappa shape index (κ1) is 20.0. The highest BCUT2D eigenvalue weighted by molar-refractivity contribution is 5.82. The number of anilines is 1. The Bertz CT molecular complexity index is 915. The maximum absolute atomic E-state index is 10.3. The van der Waals surface area contributed by atoms with Crippen LogP contribution in [0, 0.1) is 17.8 Å². The maximum atomic E-state index is 10.3. The lowest BCUT2D eigenvalue weighted by Crippen LogP contribution is -2.33. The molecule has 0 amide bonds. The van der Waals surface area contributed by atoms with Gasteiger partial charge in [0, 0.05) is 6.42 Å². The molecule has 9 heteroatoms. The number of nitrogens with two attached hydrogens (primary N) is 1. The molecule has 2 aromatic heterocycles. The third kappa shape index (κ3) is 4.07. The number of aliphatic hydroxyl groups excluding tert-OH is 3. The number of aromatic nitrogens is 4. The molecule has 1 saturated heterocycles. The average Bonchev–Trinajstić information content (AvgIpc) is 3.43. The van der Waals surface area contributed by atoms with Crippen molar-refractivity contribution in [2.45, 2.75) is 69.5 Å². The van der Waals surface area contributed by atoms with Crippen molar-refractivity contribution >= 4 is 17.0 Å². The standard InChI is InChI=1S/C20H27N5O4/c21-18-15-19(25(11-22-15)20-17(28)16(27)13(10-26)29-20)24-14(23-18)9-3-1-2-6-12-7-4-5-8-12/h11-13,16-17,20,26-28H,1-2,4-8,10H2,(H2,21,23,24)/t13-,16-,17-,20-/m1/s1. The Balaban J connectivity index is 1.50. The predicted octanol–water partition coefficient (Wildman–Crippen LogP) is 0.732. The molecule has 9 nitrogen and oxygen atoms in total. The number of ether oxygens (including phenoxy) is 1. The Morgan fingerprint density at radius 2 is 2.00 bits per heavy atom. The summed E-state index contributed by atoms with van der Waals surface area (Å²) in [6.45, 7) is -0.407. The Hall–Kier alpha value is -2.25. The second-order valence-electron chi connectivity index (χ2n) is 7.83. The normalized spacial score (nSPS) is 27.4. The highest BCUT2D eigenvalue weighted by atomic mass is 16.6. The van der Waals surface area contributed by atoms with E-state index in [1.807, 2.05) is 0 Å². The smallest absolute Gasteiger partial charge is 0.208 e. The summed E-state index contributed by atoms with van der Waals surface area (Å²) in [6.07, 6.45) is 5.62. The Kier molecular flexibility index (Phi) is 5.96. The predicted molar refractivity (Wildman–Crippen MR) is 105 cm³/mol. The molecule has 2 aromatic rings. The van der Waals surface area contributed by atoms with Gasteiger partial charge in [0.25, 0.3) is 0 Å². The van der Waals surface area contributed by atoms with E-state index in [0.717, 1.165) is 18.8 Å². The number of nitrogens with zero attached hydrogens (tertiary/aromatic N) is 4. The molecule has 4 rings (SSSR count). The summed E-state index contributed by atoms with van der Waals surface area (Å²) in [5, 5.41) is 29.6. The summed E-state index contributed by atoms with van der Waals surface area (Å²) >= 11 is 0. The van der Waals surface area contributed by atoms with E-state index in [1.165, 1.54) is 43.0 Å². The zero-order valence-electron chi connectivity index (χ0n) is 16.2. The Morgan fingerprint density at radius 3 is 2.72 bits per heavy atom. The van der Waals surface area contributed by atoms with E-state index >= 15 is 0 Å². The summed E-state index contributed by atoms with van der Waals surface area (Å²) in [5.41, 5.74) is 6.74. The van der Waals surface area contributed by atoms with Gasteiger partial charge in [-0.2, -0.15) is 0 Å². The van der Waals surface area contributed by atoms with Crippen LogP contribution in [0.4, 0.5) is 5.82 Å². The molecule has 0 spiro atoms. The third-order valence-electron chi connectivity index (χ3n) is 5.83. The van der Waals surface area contributed by atoms with Crippen LogP contribution in [-0.2, 0) is 4.74 Å². The van der Waals surface area contributed by atoms with E-state index in [9.17, 15) is 15.3 Å². The van der Waals surface area contributed by atoms with Crippen LogP contribution < -0.4 is 5.73 Å². The van der Waals surface area contributed by atoms with Gasteiger partial charge in [-0.25, -0.2) is 15.0 Å². The molecule has 29 heavy (non-hydrogen) atoms. The molecule has 0 bridgehead atoms. The monoisotopic (exact) mass is 401 g/mol. The summed E-state index contributed by atoms with van der Waals surface area (Å²) in [4.78, 5) is 12.8. The molecule has 5 N–H and O–H groups in total. The fourth-order valence-electron chi connectivity index (χ4n) is 4.21. The van der Waals surface area contributed by atoms with Crippen LogP contribution in [0.25, 0.3) is 11.2 Å². The van der Waals surface area contributed by atoms with Gasteiger partial charge in [-0.15, -0.1) is 0 Å². The van der Waals surface area contributed by atoms with E-state index in [2.05, 4.69) is 26.8 Å². The van der Waals surface area contributed by atoms with Crippen LogP contribution in [0.5, 0.6) is 0 Å². The van der Waals surface area contributed by atoms with Crippen LogP contribution in [-0.4, -0.2) is 59.8 Å². The minimum Gasteiger partial charge on any atom is -0.394 e. The highest BCUT2D eigenvalue weighted by Gasteiger charge is 2.44. The number of rotatable bonds is 5. The van der Waals surface area contributed by atoms with Crippen molar-refractivity contribution in [1.29, 1.82) is 0 Å². The number of fused-ring (bicyclic) bond motifs is 1. The number of hydrogen-bond acceptors (Lipinski definition) is 8. The molecule has 1 saturated carbocycles. The zero-order valence-corrected chi connectivity index (χ0v) is 16.2. The van der Waals surface area contributed by atoms with E-state index in [0.29, 0.717) is 11.2 Å². The fourth-order valence-corrected chi connectivity index (χ4v) is 4.21. The van der Waals surface area contributed by atoms with Gasteiger partial charge in [-0.1, -0.05) is 31.6 Å². The van der Waals surface area contributed by atoms with Gasteiger partial charge < -0.3 is 25.8 Å². The summed E-state index contributed by atoms with van der Waals surface area (Å²) < 4.78 is 7.05. The Morgan fingerprint density at radius 1 is 1.21 bits per heavy atom. The van der Waals surface area contributed by atoms with Crippen molar-refractivity contribution in [1.82, 2.24) is 19.5 Å². The lowest BCUT2D eigenvalue weighted by Gasteiger charge is -2.16. The average molecular weight is 401 g/mol. The molecule has 0 unspecified atom stereocenters. The quantitative estimate of drug-likeness (QED) is 0.425. The number of hydrogen-bond donors (Lipinski definition) is 4. The molecule has 3 heterocycles. The molecule has 1 aliphatic heterocycles. The van der Waals surface area contributed by atoms with Crippen LogP contribution in [0.15, 0.2) is 6.33 Å². The summed E-state index contributed by atoms with van der Waals surface area (Å²) in [6, 6.07) is 0. The topological polar surface area (TPSA) is 140 Å². The summed E-state index contributed by atoms with van der Waals surface area (Å²) in [5.74, 6) is 7.41. The zero-order chi connectivity index (χ0) is 20.4. The van der Waals surface area contributed by atoms with Gasteiger partial charge in [0.05, 0.1) is 12.9 Å². The maximum Gasteiger partial charge on any atom is 0.208 e. The minimum atomic E-state index is -1.23. The van der Waals surface area contributed by atoms with Gasteiger partial charge in [0.1, 0.15) is 23.8 Å². The fraction of sp³-hybridized carbons (Fsp3) is 0.650. The largest absolute Gasteiger partial charge is 0.394 e. The van der Waals surface area contributed by atoms with Gasteiger partial charge in [0.2, 0.25) is 5.82 Å². The van der Waals surface area contributed by atoms with Gasteiger partial charge >= 0.3 is 0 Å². The third-order valence-corrected chi connectivity index (χ3v) is 5.83. The van der Waals surface area contributed by atoms with E-state index in [-0.39, 0.29) is 11.6 Å². The van der Waals surface area contributed by atoms with Crippen LogP contribution in [0.1, 0.15) is 57.0 Å². The number of aliphatic hydroxyl groups is 3. The van der Waals surface area contributed by atoms with Gasteiger partial charge in [-0.05, 0) is 24.7 Å². The van der Waals surface area contributed by atoms with Crippen LogP contribution in [0.3, 0.4) is 0 Å². The van der Waals surface area contributed by atoms with Crippen molar-refractivity contribution < 1.29 is 20.1 Å². The van der Waals surface area contributed by atoms with Crippen LogP contribution in [0.2, 0.25) is 0 Å². The van der Waals surface area contributed by atoms with Crippen molar-refractivity contribution in [2.24, 2.45) is 5.92 Å². The van der Waals surface area contributed by atoms with Crippen LogP contribution >= 0.6 is 0 Å². The molecule has 4 atom stereocenters. The van der Waals surface area contributed by atoms with Crippen molar-refractivity contribution in [3.05, 3.63) is 12.2 Å². The first-order valence-electron chi connectivity index (χ1n) is 10.2. The molecule has 2 fully saturated rings. The number of unbranched alkanes of at least 4 members (excludes halogenated alkanes) is 1. The first-order valence-corrected chi connectivity index (χ1v) is 10.2. The molecule has 156 valence electrons. The van der Waals surface area contributed by atoms with E-state index in [1.54, 1.807) is 0 Å². The Labute approximate surface area is 168 Å². The van der Waals surface area contributed by atoms with E-state index in [4.69, 9.17) is 10.5 Å². The highest BCUT2D eigenvalue weighted by Crippen LogP contribution is 2.32. The molecule has 2 aliphatic rings. The lowest BCUT2D eigenvalue weighted by molar-refractivity contribution is -0.0511. The molecule has 0 radical (unpaired) electrons.